The number of hydrogen-bond acceptors (Lipinski definition) is 3. The molecule has 1 amide bonds. The lowest BCUT2D eigenvalue weighted by molar-refractivity contribution is -0.120. The van der Waals surface area contributed by atoms with Crippen LogP contribution in [0.4, 0.5) is 0 Å². The Bertz CT molecular complexity index is 413. The molecule has 6 heteroatoms. The quantitative estimate of drug-likeness (QED) is 0.516. The topological polar surface area (TPSA) is 78.7 Å². The van der Waals surface area contributed by atoms with Gasteiger partial charge in [-0.1, -0.05) is 13.8 Å². The van der Waals surface area contributed by atoms with Gasteiger partial charge in [-0.05, 0) is 24.5 Å². The first-order chi connectivity index (χ1) is 9.61. The van der Waals surface area contributed by atoms with Crippen molar-refractivity contribution in [2.24, 2.45) is 10.9 Å². The summed E-state index contributed by atoms with van der Waals surface area (Å²) in [6, 6.07) is 3.61. The molecule has 0 aliphatic heterocycles. The summed E-state index contributed by atoms with van der Waals surface area (Å²) >= 11 is 0. The molecule has 0 aliphatic rings. The molecule has 0 aromatic carbocycles. The van der Waals surface area contributed by atoms with E-state index in [1.54, 1.807) is 19.4 Å². The lowest BCUT2D eigenvalue weighted by atomic mass is 10.1. The third-order valence-corrected chi connectivity index (χ3v) is 2.69. The van der Waals surface area contributed by atoms with Crippen molar-refractivity contribution in [3.63, 3.8) is 0 Å². The molecule has 0 spiro atoms. The van der Waals surface area contributed by atoms with Crippen LogP contribution >= 0.6 is 0 Å². The van der Waals surface area contributed by atoms with Crippen LogP contribution in [0, 0.1) is 5.92 Å². The van der Waals surface area contributed by atoms with Gasteiger partial charge >= 0.3 is 0 Å². The summed E-state index contributed by atoms with van der Waals surface area (Å²) in [6.45, 7) is 5.75. The third-order valence-electron chi connectivity index (χ3n) is 2.69. The fourth-order valence-corrected chi connectivity index (χ4v) is 1.53. The van der Waals surface area contributed by atoms with Crippen molar-refractivity contribution < 1.29 is 9.21 Å². The van der Waals surface area contributed by atoms with Crippen LogP contribution in [0.3, 0.4) is 0 Å². The van der Waals surface area contributed by atoms with Crippen LogP contribution in [0.25, 0.3) is 0 Å². The summed E-state index contributed by atoms with van der Waals surface area (Å²) in [7, 11) is 1.69. The molecule has 0 aliphatic carbocycles. The summed E-state index contributed by atoms with van der Waals surface area (Å²) in [6.07, 6.45) is 2.64. The van der Waals surface area contributed by atoms with Gasteiger partial charge in [0.1, 0.15) is 5.76 Å². The normalized spacial score (nSPS) is 11.5. The maximum Gasteiger partial charge on any atom is 0.239 e. The van der Waals surface area contributed by atoms with Crippen LogP contribution in [-0.4, -0.2) is 32.0 Å². The highest BCUT2D eigenvalue weighted by atomic mass is 16.3. The van der Waals surface area contributed by atoms with Crippen LogP contribution in [0.15, 0.2) is 27.8 Å². The van der Waals surface area contributed by atoms with E-state index in [-0.39, 0.29) is 12.5 Å². The molecule has 1 heterocycles. The van der Waals surface area contributed by atoms with Gasteiger partial charge < -0.3 is 20.4 Å². The summed E-state index contributed by atoms with van der Waals surface area (Å²) in [4.78, 5) is 15.7. The molecule has 0 bridgehead atoms. The van der Waals surface area contributed by atoms with E-state index in [4.69, 9.17) is 4.42 Å². The monoisotopic (exact) mass is 280 g/mol. The van der Waals surface area contributed by atoms with Crippen LogP contribution < -0.4 is 16.0 Å². The molecule has 1 aromatic heterocycles. The highest BCUT2D eigenvalue weighted by Gasteiger charge is 2.04. The van der Waals surface area contributed by atoms with Crippen molar-refractivity contribution in [2.75, 3.05) is 20.1 Å². The lowest BCUT2D eigenvalue weighted by Crippen LogP contribution is -2.43. The van der Waals surface area contributed by atoms with Gasteiger partial charge in [-0.3, -0.25) is 9.79 Å². The largest absolute Gasteiger partial charge is 0.467 e. The minimum atomic E-state index is -0.104. The van der Waals surface area contributed by atoms with Crippen molar-refractivity contribution in [3.8, 4) is 0 Å². The smallest absolute Gasteiger partial charge is 0.239 e. The predicted octanol–water partition coefficient (Wildman–Crippen LogP) is 1.11. The second-order valence-corrected chi connectivity index (χ2v) is 4.89. The number of nitrogens with one attached hydrogen (secondary N) is 3. The minimum Gasteiger partial charge on any atom is -0.467 e. The molecule has 6 nitrogen and oxygen atoms in total. The Hall–Kier alpha value is -1.98. The van der Waals surface area contributed by atoms with Gasteiger partial charge in [-0.25, -0.2) is 0 Å². The van der Waals surface area contributed by atoms with E-state index in [1.807, 2.05) is 6.07 Å². The number of nitrogens with zero attached hydrogens (tertiary/aromatic N) is 1. The number of furan rings is 1. The molecule has 1 rings (SSSR count). The van der Waals surface area contributed by atoms with Gasteiger partial charge in [0.05, 0.1) is 19.4 Å². The number of hydrogen-bond donors (Lipinski definition) is 3. The summed E-state index contributed by atoms with van der Waals surface area (Å²) in [5.41, 5.74) is 0. The maximum atomic E-state index is 11.6. The molecule has 0 unspecified atom stereocenters. The second-order valence-electron chi connectivity index (χ2n) is 4.89. The van der Waals surface area contributed by atoms with Crippen molar-refractivity contribution in [1.29, 1.82) is 0 Å². The van der Waals surface area contributed by atoms with E-state index in [0.717, 1.165) is 18.7 Å². The van der Waals surface area contributed by atoms with Gasteiger partial charge in [-0.2, -0.15) is 0 Å². The Morgan fingerprint density at radius 3 is 2.75 bits per heavy atom. The van der Waals surface area contributed by atoms with Crippen molar-refractivity contribution in [1.82, 2.24) is 16.0 Å². The molecular formula is C14H24N4O2. The van der Waals surface area contributed by atoms with E-state index >= 15 is 0 Å². The molecule has 1 aromatic rings. The van der Waals surface area contributed by atoms with Gasteiger partial charge in [0.2, 0.25) is 5.91 Å². The SMILES string of the molecule is CN=C(NCCC(C)C)NCC(=O)NCc1ccco1. The summed E-state index contributed by atoms with van der Waals surface area (Å²) < 4.78 is 5.13. The molecule has 0 radical (unpaired) electrons. The van der Waals surface area contributed by atoms with E-state index in [1.165, 1.54) is 0 Å². The Balaban J connectivity index is 2.17. The molecule has 3 N–H and O–H groups in total. The molecule has 0 fully saturated rings. The first kappa shape index (κ1) is 16.1. The van der Waals surface area contributed by atoms with Crippen molar-refractivity contribution >= 4 is 11.9 Å². The lowest BCUT2D eigenvalue weighted by Gasteiger charge is -2.12. The van der Waals surface area contributed by atoms with Crippen molar-refractivity contribution in [2.45, 2.75) is 26.8 Å². The zero-order chi connectivity index (χ0) is 14.8. The number of rotatable bonds is 7. The van der Waals surface area contributed by atoms with Gasteiger partial charge in [-0.15, -0.1) is 0 Å². The van der Waals surface area contributed by atoms with E-state index < -0.39 is 0 Å². The number of carbonyl (C=O) groups is 1. The van der Waals surface area contributed by atoms with Crippen LogP contribution in [-0.2, 0) is 11.3 Å². The number of guanidine groups is 1. The standard InChI is InChI=1S/C14H24N4O2/c1-11(2)6-7-16-14(15-3)18-10-13(19)17-9-12-5-4-8-20-12/h4-5,8,11H,6-7,9-10H2,1-3H3,(H,17,19)(H2,15,16,18). The Morgan fingerprint density at radius 1 is 1.35 bits per heavy atom. The first-order valence-electron chi connectivity index (χ1n) is 6.85. The molecule has 0 saturated carbocycles. The van der Waals surface area contributed by atoms with E-state index in [9.17, 15) is 4.79 Å². The average Bonchev–Trinajstić information content (AvgIpc) is 2.93. The summed E-state index contributed by atoms with van der Waals surface area (Å²) in [5.74, 6) is 1.90. The van der Waals surface area contributed by atoms with E-state index in [2.05, 4.69) is 34.8 Å². The van der Waals surface area contributed by atoms with Gasteiger partial charge in [0.25, 0.3) is 0 Å². The molecule has 20 heavy (non-hydrogen) atoms. The highest BCUT2D eigenvalue weighted by Crippen LogP contribution is 1.98. The van der Waals surface area contributed by atoms with Crippen LogP contribution in [0.1, 0.15) is 26.0 Å². The average molecular weight is 280 g/mol. The number of aliphatic imine (C=N–C) groups is 1. The number of amides is 1. The zero-order valence-corrected chi connectivity index (χ0v) is 12.4. The zero-order valence-electron chi connectivity index (χ0n) is 12.4. The van der Waals surface area contributed by atoms with Gasteiger partial charge in [0.15, 0.2) is 5.96 Å². The second kappa shape index (κ2) is 9.01. The minimum absolute atomic E-state index is 0.104. The Kier molecular flexibility index (Phi) is 7.24. The van der Waals surface area contributed by atoms with Crippen molar-refractivity contribution in [3.05, 3.63) is 24.2 Å². The number of carbonyl (C=O) groups excluding carboxylic acids is 1. The van der Waals surface area contributed by atoms with Crippen LogP contribution in [0.2, 0.25) is 0 Å². The fourth-order valence-electron chi connectivity index (χ4n) is 1.53. The Morgan fingerprint density at radius 2 is 2.15 bits per heavy atom. The van der Waals surface area contributed by atoms with Crippen LogP contribution in [0.5, 0.6) is 0 Å². The van der Waals surface area contributed by atoms with Gasteiger partial charge in [0, 0.05) is 13.6 Å². The Labute approximate surface area is 120 Å². The first-order valence-corrected chi connectivity index (χ1v) is 6.85. The predicted molar refractivity (Wildman–Crippen MR) is 79.4 cm³/mol. The highest BCUT2D eigenvalue weighted by molar-refractivity contribution is 5.86. The molecule has 0 saturated heterocycles. The molecule has 0 atom stereocenters. The fraction of sp³-hybridized carbons (Fsp3) is 0.571. The summed E-state index contributed by atoms with van der Waals surface area (Å²) in [5, 5.41) is 8.90. The van der Waals surface area contributed by atoms with E-state index in [0.29, 0.717) is 18.4 Å². The molecule has 112 valence electrons. The third kappa shape index (κ3) is 6.82. The maximum absolute atomic E-state index is 11.6. The molecular weight excluding hydrogens is 256 g/mol.